The second-order valence-electron chi connectivity index (χ2n) is 4.64. The summed E-state index contributed by atoms with van der Waals surface area (Å²) in [5, 5.41) is 9.06. The molecule has 2 rings (SSSR count). The van der Waals surface area contributed by atoms with Gasteiger partial charge in [-0.05, 0) is 41.1 Å². The van der Waals surface area contributed by atoms with Crippen LogP contribution in [-0.4, -0.2) is 54.3 Å². The molecular weight excluding hydrogens is 342 g/mol. The van der Waals surface area contributed by atoms with Crippen LogP contribution in [0.4, 0.5) is 0 Å². The van der Waals surface area contributed by atoms with Gasteiger partial charge in [-0.3, -0.25) is 4.79 Å². The van der Waals surface area contributed by atoms with Crippen molar-refractivity contribution in [2.75, 3.05) is 26.3 Å². The lowest BCUT2D eigenvalue weighted by atomic mass is 10.2. The summed E-state index contributed by atoms with van der Waals surface area (Å²) in [6, 6.07) is 4.61. The molecule has 1 amide bonds. The molecule has 7 heteroatoms. The van der Waals surface area contributed by atoms with Crippen molar-refractivity contribution in [2.45, 2.75) is 13.0 Å². The van der Waals surface area contributed by atoms with Gasteiger partial charge >= 0.3 is 5.97 Å². The number of carboxylic acids is 1. The Morgan fingerprint density at radius 2 is 2.05 bits per heavy atom. The van der Waals surface area contributed by atoms with Crippen LogP contribution in [0, 0.1) is 0 Å². The van der Waals surface area contributed by atoms with E-state index in [0.29, 0.717) is 36.5 Å². The fourth-order valence-corrected chi connectivity index (χ4v) is 2.45. The van der Waals surface area contributed by atoms with Gasteiger partial charge in [0.1, 0.15) is 5.75 Å². The van der Waals surface area contributed by atoms with Crippen molar-refractivity contribution in [3.63, 3.8) is 0 Å². The Morgan fingerprint density at radius 3 is 2.67 bits per heavy atom. The van der Waals surface area contributed by atoms with Crippen LogP contribution in [0.25, 0.3) is 0 Å². The lowest BCUT2D eigenvalue weighted by molar-refractivity contribution is -0.142. The van der Waals surface area contributed by atoms with Crippen LogP contribution >= 0.6 is 15.9 Å². The molecule has 1 saturated heterocycles. The number of halogens is 1. The Labute approximate surface area is 130 Å². The van der Waals surface area contributed by atoms with Gasteiger partial charge in [0, 0.05) is 17.6 Å². The quantitative estimate of drug-likeness (QED) is 0.888. The summed E-state index contributed by atoms with van der Waals surface area (Å²) in [6.45, 7) is 3.81. The zero-order chi connectivity index (χ0) is 15.4. The van der Waals surface area contributed by atoms with Gasteiger partial charge in [0.25, 0.3) is 5.91 Å². The molecule has 1 N–H and O–H groups in total. The van der Waals surface area contributed by atoms with Crippen LogP contribution in [0.1, 0.15) is 17.3 Å². The summed E-state index contributed by atoms with van der Waals surface area (Å²) < 4.78 is 11.2. The first kappa shape index (κ1) is 15.8. The smallest absolute Gasteiger partial charge is 0.336 e. The van der Waals surface area contributed by atoms with Crippen LogP contribution in [0.15, 0.2) is 22.7 Å². The minimum Gasteiger partial charge on any atom is -0.481 e. The lowest BCUT2D eigenvalue weighted by Gasteiger charge is -2.29. The maximum Gasteiger partial charge on any atom is 0.336 e. The fraction of sp³-hybridized carbons (Fsp3) is 0.429. The topological polar surface area (TPSA) is 76.1 Å². The van der Waals surface area contributed by atoms with E-state index in [0.717, 1.165) is 0 Å². The molecule has 0 spiro atoms. The molecule has 1 atom stereocenters. The molecule has 0 bridgehead atoms. The molecule has 0 aliphatic carbocycles. The summed E-state index contributed by atoms with van der Waals surface area (Å²) in [4.78, 5) is 25.0. The SMILES string of the molecule is CC(Oc1ccc(Br)c(C(=O)O)c1)C(=O)N1CCOCC1. The highest BCUT2D eigenvalue weighted by molar-refractivity contribution is 9.10. The molecule has 114 valence electrons. The van der Waals surface area contributed by atoms with E-state index in [2.05, 4.69) is 15.9 Å². The van der Waals surface area contributed by atoms with Gasteiger partial charge < -0.3 is 19.5 Å². The van der Waals surface area contributed by atoms with E-state index >= 15 is 0 Å². The van der Waals surface area contributed by atoms with Gasteiger partial charge in [0.2, 0.25) is 0 Å². The average Bonchev–Trinajstić information content (AvgIpc) is 2.49. The maximum absolute atomic E-state index is 12.2. The summed E-state index contributed by atoms with van der Waals surface area (Å²) in [5.74, 6) is -0.831. The molecule has 0 aromatic heterocycles. The molecule has 1 aromatic rings. The van der Waals surface area contributed by atoms with E-state index in [9.17, 15) is 9.59 Å². The highest BCUT2D eigenvalue weighted by atomic mass is 79.9. The highest BCUT2D eigenvalue weighted by Gasteiger charge is 2.24. The molecule has 0 saturated carbocycles. The third kappa shape index (κ3) is 3.95. The first-order valence-corrected chi connectivity index (χ1v) is 7.34. The minimum absolute atomic E-state index is 0.0959. The number of nitrogens with zero attached hydrogens (tertiary/aromatic N) is 1. The van der Waals surface area contributed by atoms with Gasteiger partial charge in [-0.2, -0.15) is 0 Å². The molecule has 1 fully saturated rings. The Hall–Kier alpha value is -1.60. The number of hydrogen-bond donors (Lipinski definition) is 1. The molecule has 21 heavy (non-hydrogen) atoms. The van der Waals surface area contributed by atoms with Crippen LogP contribution in [0.2, 0.25) is 0 Å². The van der Waals surface area contributed by atoms with E-state index in [1.165, 1.54) is 6.07 Å². The average molecular weight is 358 g/mol. The number of rotatable bonds is 4. The number of carbonyl (C=O) groups is 2. The number of ether oxygens (including phenoxy) is 2. The number of aromatic carboxylic acids is 1. The normalized spacial score (nSPS) is 16.4. The van der Waals surface area contributed by atoms with Gasteiger partial charge in [0.15, 0.2) is 6.10 Å². The Morgan fingerprint density at radius 1 is 1.38 bits per heavy atom. The van der Waals surface area contributed by atoms with E-state index in [1.54, 1.807) is 24.0 Å². The van der Waals surface area contributed by atoms with Gasteiger partial charge in [-0.15, -0.1) is 0 Å². The molecule has 6 nitrogen and oxygen atoms in total. The van der Waals surface area contributed by atoms with Gasteiger partial charge in [-0.25, -0.2) is 4.79 Å². The maximum atomic E-state index is 12.2. The Kier molecular flexibility index (Phi) is 5.19. The van der Waals surface area contributed by atoms with Crippen LogP contribution in [-0.2, 0) is 9.53 Å². The van der Waals surface area contributed by atoms with Gasteiger partial charge in [-0.1, -0.05) is 0 Å². The summed E-state index contributed by atoms with van der Waals surface area (Å²) in [7, 11) is 0. The molecule has 1 aromatic carbocycles. The molecule has 1 heterocycles. The Balaban J connectivity index is 2.05. The molecule has 1 aliphatic rings. The van der Waals surface area contributed by atoms with Crippen molar-refractivity contribution in [3.05, 3.63) is 28.2 Å². The Bertz CT molecular complexity index is 542. The number of benzene rings is 1. The third-order valence-corrected chi connectivity index (χ3v) is 3.84. The first-order valence-electron chi connectivity index (χ1n) is 6.55. The van der Waals surface area contributed by atoms with Crippen LogP contribution in [0.3, 0.4) is 0 Å². The summed E-state index contributed by atoms with van der Waals surface area (Å²) >= 11 is 3.16. The van der Waals surface area contributed by atoms with E-state index in [1.807, 2.05) is 0 Å². The second-order valence-corrected chi connectivity index (χ2v) is 5.50. The molecular formula is C14H16BrNO5. The monoisotopic (exact) mass is 357 g/mol. The fourth-order valence-electron chi connectivity index (χ4n) is 2.04. The third-order valence-electron chi connectivity index (χ3n) is 3.15. The first-order chi connectivity index (χ1) is 9.99. The number of carboxylic acid groups (broad SMARTS) is 1. The largest absolute Gasteiger partial charge is 0.481 e. The minimum atomic E-state index is -1.06. The summed E-state index contributed by atoms with van der Waals surface area (Å²) in [5.41, 5.74) is 0.0959. The van der Waals surface area contributed by atoms with Crippen molar-refractivity contribution in [1.29, 1.82) is 0 Å². The van der Waals surface area contributed by atoms with Crippen LogP contribution in [0.5, 0.6) is 5.75 Å². The second kappa shape index (κ2) is 6.91. The number of amides is 1. The van der Waals surface area contributed by atoms with E-state index in [-0.39, 0.29) is 11.5 Å². The highest BCUT2D eigenvalue weighted by Crippen LogP contribution is 2.23. The van der Waals surface area contributed by atoms with Crippen molar-refractivity contribution in [1.82, 2.24) is 4.90 Å². The number of hydrogen-bond acceptors (Lipinski definition) is 4. The van der Waals surface area contributed by atoms with Crippen molar-refractivity contribution in [2.24, 2.45) is 0 Å². The summed E-state index contributed by atoms with van der Waals surface area (Å²) in [6.07, 6.45) is -0.675. The number of morpholine rings is 1. The van der Waals surface area contributed by atoms with E-state index < -0.39 is 12.1 Å². The van der Waals surface area contributed by atoms with Crippen LogP contribution < -0.4 is 4.74 Å². The van der Waals surface area contributed by atoms with Crippen molar-refractivity contribution in [3.8, 4) is 5.75 Å². The lowest BCUT2D eigenvalue weighted by Crippen LogP contribution is -2.46. The van der Waals surface area contributed by atoms with Crippen molar-refractivity contribution >= 4 is 27.8 Å². The zero-order valence-electron chi connectivity index (χ0n) is 11.5. The predicted molar refractivity (Wildman–Crippen MR) is 78.6 cm³/mol. The molecule has 0 radical (unpaired) electrons. The van der Waals surface area contributed by atoms with E-state index in [4.69, 9.17) is 14.6 Å². The van der Waals surface area contributed by atoms with Crippen molar-refractivity contribution < 1.29 is 24.2 Å². The molecule has 1 unspecified atom stereocenters. The van der Waals surface area contributed by atoms with Gasteiger partial charge in [0.05, 0.1) is 18.8 Å². The zero-order valence-corrected chi connectivity index (χ0v) is 13.1. The number of carbonyl (C=O) groups excluding carboxylic acids is 1. The predicted octanol–water partition coefficient (Wildman–Crippen LogP) is 1.77. The molecule has 1 aliphatic heterocycles. The standard InChI is InChI=1S/C14H16BrNO5/c1-9(13(17)16-4-6-20-7-5-16)21-10-2-3-12(15)11(8-10)14(18)19/h2-3,8-9H,4-7H2,1H3,(H,18,19).